The summed E-state index contributed by atoms with van der Waals surface area (Å²) in [5, 5.41) is 14.5. The van der Waals surface area contributed by atoms with Gasteiger partial charge in [0.05, 0.1) is 5.69 Å². The lowest BCUT2D eigenvalue weighted by Gasteiger charge is -1.98. The van der Waals surface area contributed by atoms with Gasteiger partial charge in [0.15, 0.2) is 17.0 Å². The van der Waals surface area contributed by atoms with E-state index in [4.69, 9.17) is 13.6 Å². The van der Waals surface area contributed by atoms with Crippen molar-refractivity contribution < 1.29 is 18.4 Å². The Morgan fingerprint density at radius 1 is 1.15 bits per heavy atom. The van der Waals surface area contributed by atoms with Gasteiger partial charge in [-0.2, -0.15) is 5.10 Å². The minimum atomic E-state index is -0.568. The second-order valence-electron chi connectivity index (χ2n) is 5.71. The number of aryl methyl sites for hydroxylation is 1. The Hall–Kier alpha value is -3.20. The van der Waals surface area contributed by atoms with Crippen LogP contribution in [0.25, 0.3) is 22.9 Å². The average Bonchev–Trinajstić information content (AvgIpc) is 3.40. The highest BCUT2D eigenvalue weighted by Crippen LogP contribution is 2.24. The molecular formula is C18H13BrN4O4. The molecule has 0 aliphatic heterocycles. The molecule has 3 heterocycles. The molecule has 136 valence electrons. The van der Waals surface area contributed by atoms with Crippen molar-refractivity contribution in [2.75, 3.05) is 0 Å². The Morgan fingerprint density at radius 3 is 2.70 bits per heavy atom. The molecule has 0 aliphatic rings. The third-order valence-corrected chi connectivity index (χ3v) is 4.15. The Kier molecular flexibility index (Phi) is 4.59. The average molecular weight is 429 g/mol. The Bertz CT molecular complexity index is 1080. The molecule has 4 aromatic rings. The third kappa shape index (κ3) is 3.82. The molecule has 0 spiro atoms. The molecule has 0 amide bonds. The first-order valence-corrected chi connectivity index (χ1v) is 8.75. The van der Waals surface area contributed by atoms with Crippen LogP contribution in [0.2, 0.25) is 0 Å². The molecule has 8 nitrogen and oxygen atoms in total. The molecule has 0 unspecified atom stereocenters. The Balaban J connectivity index is 1.40. The van der Waals surface area contributed by atoms with Crippen molar-refractivity contribution in [3.63, 3.8) is 0 Å². The smallest absolute Gasteiger partial charge is 0.356 e. The fraction of sp³-hybridized carbons (Fsp3) is 0.111. The number of carbonyl (C=O) groups is 1. The number of H-pyrrole nitrogens is 1. The van der Waals surface area contributed by atoms with Gasteiger partial charge < -0.3 is 13.6 Å². The van der Waals surface area contributed by atoms with Crippen LogP contribution in [0.15, 0.2) is 56.0 Å². The number of nitrogens with zero attached hydrogens (tertiary/aromatic N) is 3. The highest BCUT2D eigenvalue weighted by Gasteiger charge is 2.16. The van der Waals surface area contributed by atoms with E-state index in [1.807, 2.05) is 31.2 Å². The van der Waals surface area contributed by atoms with Crippen LogP contribution in [0.1, 0.15) is 21.9 Å². The predicted molar refractivity (Wildman–Crippen MR) is 97.6 cm³/mol. The third-order valence-electron chi connectivity index (χ3n) is 3.72. The molecule has 0 aliphatic carbocycles. The van der Waals surface area contributed by atoms with E-state index in [0.29, 0.717) is 16.1 Å². The van der Waals surface area contributed by atoms with Crippen LogP contribution in [0.3, 0.4) is 0 Å². The lowest BCUT2D eigenvalue weighted by Crippen LogP contribution is -2.05. The Labute approximate surface area is 161 Å². The van der Waals surface area contributed by atoms with E-state index >= 15 is 0 Å². The molecule has 0 saturated carbocycles. The summed E-state index contributed by atoms with van der Waals surface area (Å²) in [6, 6.07) is 12.9. The molecule has 27 heavy (non-hydrogen) atoms. The number of aromatic nitrogens is 4. The van der Waals surface area contributed by atoms with E-state index < -0.39 is 5.97 Å². The van der Waals surface area contributed by atoms with Crippen molar-refractivity contribution in [1.82, 2.24) is 20.4 Å². The van der Waals surface area contributed by atoms with Gasteiger partial charge in [0.2, 0.25) is 0 Å². The summed E-state index contributed by atoms with van der Waals surface area (Å²) in [6.07, 6.45) is 0. The van der Waals surface area contributed by atoms with Crippen molar-refractivity contribution in [2.45, 2.75) is 13.5 Å². The van der Waals surface area contributed by atoms with Crippen LogP contribution in [0.5, 0.6) is 0 Å². The van der Waals surface area contributed by atoms with Crippen LogP contribution in [-0.2, 0) is 11.3 Å². The monoisotopic (exact) mass is 428 g/mol. The molecule has 9 heteroatoms. The maximum Gasteiger partial charge on any atom is 0.356 e. The maximum absolute atomic E-state index is 12.2. The summed E-state index contributed by atoms with van der Waals surface area (Å²) >= 11 is 3.20. The fourth-order valence-corrected chi connectivity index (χ4v) is 2.65. The van der Waals surface area contributed by atoms with E-state index in [1.165, 1.54) is 0 Å². The van der Waals surface area contributed by atoms with Gasteiger partial charge in [-0.1, -0.05) is 29.8 Å². The number of hydrogen-bond donors (Lipinski definition) is 1. The summed E-state index contributed by atoms with van der Waals surface area (Å²) in [4.78, 5) is 12.2. The van der Waals surface area contributed by atoms with Crippen LogP contribution in [0.4, 0.5) is 0 Å². The van der Waals surface area contributed by atoms with Crippen LogP contribution in [-0.4, -0.2) is 26.4 Å². The zero-order valence-corrected chi connectivity index (χ0v) is 15.7. The highest BCUT2D eigenvalue weighted by molar-refractivity contribution is 9.10. The first-order chi connectivity index (χ1) is 13.1. The second-order valence-corrected chi connectivity index (χ2v) is 6.50. The van der Waals surface area contributed by atoms with Crippen LogP contribution >= 0.6 is 15.9 Å². The number of ether oxygens (including phenoxy) is 1. The minimum absolute atomic E-state index is 0.157. The number of carbonyl (C=O) groups excluding carboxylic acids is 1. The van der Waals surface area contributed by atoms with Crippen molar-refractivity contribution in [3.05, 3.63) is 64.3 Å². The summed E-state index contributed by atoms with van der Waals surface area (Å²) in [7, 11) is 0. The first kappa shape index (κ1) is 17.2. The summed E-state index contributed by atoms with van der Waals surface area (Å²) in [5.74, 6) is 0.212. The number of rotatable bonds is 5. The minimum Gasteiger partial charge on any atom is -0.451 e. The number of nitrogens with one attached hydrogen (secondary N) is 1. The summed E-state index contributed by atoms with van der Waals surface area (Å²) in [5.41, 5.74) is 2.95. The molecule has 0 radical (unpaired) electrons. The molecular weight excluding hydrogens is 416 g/mol. The molecule has 1 N–H and O–H groups in total. The number of aromatic amines is 1. The van der Waals surface area contributed by atoms with E-state index in [0.717, 1.165) is 11.1 Å². The van der Waals surface area contributed by atoms with Gasteiger partial charge in [0.25, 0.3) is 11.8 Å². The lowest BCUT2D eigenvalue weighted by atomic mass is 10.1. The highest BCUT2D eigenvalue weighted by atomic mass is 79.9. The van der Waals surface area contributed by atoms with Gasteiger partial charge >= 0.3 is 5.97 Å². The van der Waals surface area contributed by atoms with Gasteiger partial charge in [-0.05, 0) is 41.1 Å². The number of esters is 1. The number of benzene rings is 1. The van der Waals surface area contributed by atoms with Gasteiger partial charge in [0.1, 0.15) is 5.69 Å². The zero-order chi connectivity index (χ0) is 18.8. The van der Waals surface area contributed by atoms with Crippen molar-refractivity contribution >= 4 is 21.9 Å². The van der Waals surface area contributed by atoms with E-state index in [2.05, 4.69) is 36.3 Å². The maximum atomic E-state index is 12.2. The molecule has 0 atom stereocenters. The van der Waals surface area contributed by atoms with Gasteiger partial charge in [0, 0.05) is 5.56 Å². The number of hydrogen-bond acceptors (Lipinski definition) is 7. The quantitative estimate of drug-likeness (QED) is 0.475. The fourth-order valence-electron chi connectivity index (χ4n) is 2.34. The second kappa shape index (κ2) is 7.20. The normalized spacial score (nSPS) is 10.9. The van der Waals surface area contributed by atoms with E-state index in [1.54, 1.807) is 18.2 Å². The van der Waals surface area contributed by atoms with Crippen molar-refractivity contribution in [1.29, 1.82) is 0 Å². The molecule has 3 aromatic heterocycles. The van der Waals surface area contributed by atoms with Crippen LogP contribution < -0.4 is 0 Å². The predicted octanol–water partition coefficient (Wildman–Crippen LogP) is 4.15. The molecule has 1 aromatic carbocycles. The SMILES string of the molecule is Cc1ccc(-c2cc(C(=O)OCc3nnc(-c4ccc(Br)o4)o3)[nH]n2)cc1. The number of halogens is 1. The molecule has 0 saturated heterocycles. The Morgan fingerprint density at radius 2 is 1.96 bits per heavy atom. The van der Waals surface area contributed by atoms with Crippen LogP contribution in [0, 0.1) is 6.92 Å². The van der Waals surface area contributed by atoms with Crippen molar-refractivity contribution in [2.24, 2.45) is 0 Å². The standard InChI is InChI=1S/C18H13BrN4O4/c1-10-2-4-11(5-3-10)12-8-13(21-20-12)18(24)25-9-16-22-23-17(27-16)14-6-7-15(19)26-14/h2-8H,9H2,1H3,(H,20,21). The summed E-state index contributed by atoms with van der Waals surface area (Å²) in [6.45, 7) is 1.84. The molecule has 0 bridgehead atoms. The first-order valence-electron chi connectivity index (χ1n) is 7.96. The topological polar surface area (TPSA) is 107 Å². The van der Waals surface area contributed by atoms with E-state index in [9.17, 15) is 4.79 Å². The zero-order valence-electron chi connectivity index (χ0n) is 14.1. The van der Waals surface area contributed by atoms with Gasteiger partial charge in [-0.15, -0.1) is 10.2 Å². The molecule has 4 rings (SSSR count). The lowest BCUT2D eigenvalue weighted by molar-refractivity contribution is 0.0431. The summed E-state index contributed by atoms with van der Waals surface area (Å²) < 4.78 is 16.5. The van der Waals surface area contributed by atoms with Gasteiger partial charge in [-0.25, -0.2) is 4.79 Å². The van der Waals surface area contributed by atoms with E-state index in [-0.39, 0.29) is 24.1 Å². The van der Waals surface area contributed by atoms with Crippen molar-refractivity contribution in [3.8, 4) is 22.9 Å². The number of furan rings is 1. The molecule has 0 fully saturated rings. The largest absolute Gasteiger partial charge is 0.451 e. The van der Waals surface area contributed by atoms with Gasteiger partial charge in [-0.3, -0.25) is 5.10 Å².